The Hall–Kier alpha value is -0.880. The average Bonchev–Trinajstić information content (AvgIpc) is 2.38. The molecule has 0 aliphatic carbocycles. The maximum Gasteiger partial charge on any atom is 0.398 e. The highest BCUT2D eigenvalue weighted by atomic mass is 79.9. The molecule has 1 aromatic carbocycles. The van der Waals surface area contributed by atoms with Gasteiger partial charge in [-0.3, -0.25) is 9.99 Å². The normalized spacial score (nSPS) is 12.8. The van der Waals surface area contributed by atoms with Crippen LogP contribution in [0.3, 0.4) is 0 Å². The van der Waals surface area contributed by atoms with Gasteiger partial charge in [0.05, 0.1) is 17.9 Å². The number of nitrogens with zero attached hydrogens (tertiary/aromatic N) is 2. The van der Waals surface area contributed by atoms with Crippen LogP contribution in [0.2, 0.25) is 0 Å². The Morgan fingerprint density at radius 3 is 2.00 bits per heavy atom. The Morgan fingerprint density at radius 1 is 1.13 bits per heavy atom. The van der Waals surface area contributed by atoms with Crippen molar-refractivity contribution in [3.8, 4) is 0 Å². The highest BCUT2D eigenvalue weighted by Gasteiger charge is 2.36. The van der Waals surface area contributed by atoms with Crippen molar-refractivity contribution in [1.29, 1.82) is 0 Å². The third-order valence-corrected chi connectivity index (χ3v) is 5.39. The first-order chi connectivity index (χ1) is 10.6. The predicted molar refractivity (Wildman–Crippen MR) is 98.9 cm³/mol. The molecule has 0 bridgehead atoms. The van der Waals surface area contributed by atoms with E-state index in [4.69, 9.17) is 9.05 Å². The summed E-state index contributed by atoms with van der Waals surface area (Å²) in [7, 11) is -0.0360. The van der Waals surface area contributed by atoms with Crippen molar-refractivity contribution in [3.63, 3.8) is 0 Å². The monoisotopic (exact) mass is 405 g/mol. The molecule has 0 atom stereocenters. The molecule has 0 fully saturated rings. The molecule has 0 saturated heterocycles. The lowest BCUT2D eigenvalue weighted by Crippen LogP contribution is -2.27. The minimum absolute atomic E-state index is 0.225. The first-order valence-corrected chi connectivity index (χ1v) is 9.71. The van der Waals surface area contributed by atoms with Crippen molar-refractivity contribution in [2.45, 2.75) is 39.9 Å². The lowest BCUT2D eigenvalue weighted by molar-refractivity contribution is 0.150. The second-order valence-corrected chi connectivity index (χ2v) is 8.46. The maximum absolute atomic E-state index is 13.2. The van der Waals surface area contributed by atoms with Gasteiger partial charge in [0.1, 0.15) is 0 Å². The van der Waals surface area contributed by atoms with E-state index in [0.29, 0.717) is 0 Å². The van der Waals surface area contributed by atoms with E-state index in [9.17, 15) is 4.57 Å². The fourth-order valence-corrected chi connectivity index (χ4v) is 3.99. The lowest BCUT2D eigenvalue weighted by Gasteiger charge is -2.27. The average molecular weight is 406 g/mol. The Kier molecular flexibility index (Phi) is 7.74. The highest BCUT2D eigenvalue weighted by molar-refractivity contribution is 9.10. The van der Waals surface area contributed by atoms with E-state index in [1.54, 1.807) is 19.0 Å². The van der Waals surface area contributed by atoms with Crippen LogP contribution in [0.5, 0.6) is 0 Å². The van der Waals surface area contributed by atoms with Crippen molar-refractivity contribution < 1.29 is 13.6 Å². The fourth-order valence-electron chi connectivity index (χ4n) is 1.72. The van der Waals surface area contributed by atoms with E-state index in [0.717, 1.165) is 10.2 Å². The zero-order chi connectivity index (χ0) is 17.6. The molecule has 0 amide bonds. The molecule has 1 rings (SSSR count). The molecule has 0 aromatic heterocycles. The molecule has 23 heavy (non-hydrogen) atoms. The highest BCUT2D eigenvalue weighted by Crippen LogP contribution is 2.52. The molecule has 0 heterocycles. The molecule has 0 aliphatic heterocycles. The van der Waals surface area contributed by atoms with Gasteiger partial charge in [0.15, 0.2) is 0 Å². The molecule has 0 spiro atoms. The molecule has 8 heteroatoms. The van der Waals surface area contributed by atoms with Crippen LogP contribution in [-0.4, -0.2) is 36.8 Å². The van der Waals surface area contributed by atoms with Gasteiger partial charge in [-0.15, -0.1) is 5.10 Å². The van der Waals surface area contributed by atoms with Gasteiger partial charge < -0.3 is 13.9 Å². The van der Waals surface area contributed by atoms with Crippen molar-refractivity contribution in [1.82, 2.24) is 4.90 Å². The van der Waals surface area contributed by atoms with Gasteiger partial charge in [-0.05, 0) is 52.0 Å². The first kappa shape index (κ1) is 20.2. The Balaban J connectivity index is 3.11. The first-order valence-electron chi connectivity index (χ1n) is 7.38. The van der Waals surface area contributed by atoms with E-state index in [-0.39, 0.29) is 17.8 Å². The van der Waals surface area contributed by atoms with Crippen molar-refractivity contribution in [2.75, 3.05) is 19.5 Å². The van der Waals surface area contributed by atoms with Gasteiger partial charge in [0, 0.05) is 18.6 Å². The predicted octanol–water partition coefficient (Wildman–Crippen LogP) is 4.74. The number of anilines is 1. The molecular formula is C15H25BrN3O3P. The quantitative estimate of drug-likeness (QED) is 0.307. The van der Waals surface area contributed by atoms with E-state index >= 15 is 0 Å². The van der Waals surface area contributed by atoms with Crippen LogP contribution >= 0.6 is 23.5 Å². The number of hydrogen-bond acceptors (Lipinski definition) is 5. The third-order valence-electron chi connectivity index (χ3n) is 2.47. The summed E-state index contributed by atoms with van der Waals surface area (Å²) in [6.07, 6.45) is -0.505. The smallest absolute Gasteiger partial charge is 0.355 e. The van der Waals surface area contributed by atoms with Crippen LogP contribution in [0, 0.1) is 0 Å². The number of halogens is 1. The number of benzene rings is 1. The summed E-state index contributed by atoms with van der Waals surface area (Å²) in [5, 5.41) is 4.27. The summed E-state index contributed by atoms with van der Waals surface area (Å²) in [6, 6.07) is 7.50. The van der Waals surface area contributed by atoms with Crippen molar-refractivity contribution in [2.24, 2.45) is 5.10 Å². The summed E-state index contributed by atoms with van der Waals surface area (Å²) >= 11 is 3.38. The molecule has 130 valence electrons. The van der Waals surface area contributed by atoms with Crippen LogP contribution in [0.1, 0.15) is 27.7 Å². The maximum atomic E-state index is 13.2. The van der Waals surface area contributed by atoms with Gasteiger partial charge in [0.2, 0.25) is 5.58 Å². The van der Waals surface area contributed by atoms with Crippen molar-refractivity contribution in [3.05, 3.63) is 28.7 Å². The summed E-state index contributed by atoms with van der Waals surface area (Å²) in [4.78, 5) is 1.64. The van der Waals surface area contributed by atoms with Gasteiger partial charge in [-0.25, -0.2) is 0 Å². The van der Waals surface area contributed by atoms with Gasteiger partial charge in [-0.2, -0.15) is 0 Å². The minimum atomic E-state index is -3.54. The van der Waals surface area contributed by atoms with Crippen molar-refractivity contribution >= 4 is 34.8 Å². The molecule has 1 aromatic rings. The Morgan fingerprint density at radius 2 is 1.61 bits per heavy atom. The zero-order valence-corrected chi connectivity index (χ0v) is 16.9. The van der Waals surface area contributed by atoms with E-state index in [1.165, 1.54) is 0 Å². The second kappa shape index (κ2) is 8.83. The molecule has 6 nitrogen and oxygen atoms in total. The van der Waals surface area contributed by atoms with Crippen LogP contribution in [0.25, 0.3) is 0 Å². The lowest BCUT2D eigenvalue weighted by atomic mass is 10.3. The van der Waals surface area contributed by atoms with Crippen LogP contribution in [-0.2, 0) is 13.6 Å². The number of amidine groups is 1. The van der Waals surface area contributed by atoms with Gasteiger partial charge >= 0.3 is 7.60 Å². The van der Waals surface area contributed by atoms with E-state index in [1.807, 2.05) is 52.0 Å². The molecule has 1 N–H and O–H groups in total. The molecule has 0 aliphatic rings. The molecule has 0 saturated carbocycles. The summed E-state index contributed by atoms with van der Waals surface area (Å²) in [5.41, 5.74) is 3.90. The SMILES string of the molecule is CC(C)OP(=O)(OC(C)C)/C(=N\Nc1ccc(Br)cc1)N(C)C. The van der Waals surface area contributed by atoms with Gasteiger partial charge in [-0.1, -0.05) is 15.9 Å². The number of hydrogen-bond donors (Lipinski definition) is 1. The summed E-state index contributed by atoms with van der Waals surface area (Å²) in [5.74, 6) is 0. The second-order valence-electron chi connectivity index (χ2n) is 5.73. The molecule has 0 unspecified atom stereocenters. The zero-order valence-electron chi connectivity index (χ0n) is 14.4. The van der Waals surface area contributed by atoms with Gasteiger partial charge in [0.25, 0.3) is 0 Å². The minimum Gasteiger partial charge on any atom is -0.355 e. The van der Waals surface area contributed by atoms with Crippen LogP contribution in [0.15, 0.2) is 33.8 Å². The Bertz CT molecular complexity index is 560. The fraction of sp³-hybridized carbons (Fsp3) is 0.533. The van der Waals surface area contributed by atoms with E-state index < -0.39 is 7.60 Å². The number of rotatable bonds is 7. The Labute approximate surface area is 146 Å². The van der Waals surface area contributed by atoms with Crippen LogP contribution in [0.4, 0.5) is 5.69 Å². The molecular weight excluding hydrogens is 381 g/mol. The summed E-state index contributed by atoms with van der Waals surface area (Å²) in [6.45, 7) is 7.25. The standard InChI is InChI=1S/C15H25BrN3O3P/c1-11(2)21-23(20,22-12(3)4)15(19(5)6)18-17-14-9-7-13(16)8-10-14/h7-12,17H,1-6H3/b18-15-. The summed E-state index contributed by atoms with van der Waals surface area (Å²) < 4.78 is 25.3. The van der Waals surface area contributed by atoms with Crippen LogP contribution < -0.4 is 5.43 Å². The number of hydrazone groups is 1. The van der Waals surface area contributed by atoms with E-state index in [2.05, 4.69) is 26.5 Å². The third kappa shape index (κ3) is 6.63. The molecule has 0 radical (unpaired) electrons. The topological polar surface area (TPSA) is 63.2 Å². The number of nitrogens with one attached hydrogen (secondary N) is 1. The largest absolute Gasteiger partial charge is 0.398 e.